The average molecular weight is 188 g/mol. The van der Waals surface area contributed by atoms with Gasteiger partial charge in [-0.25, -0.2) is 0 Å². The minimum atomic E-state index is -0.719. The molecule has 1 aromatic rings. The van der Waals surface area contributed by atoms with Gasteiger partial charge in [0.1, 0.15) is 5.60 Å². The summed E-state index contributed by atoms with van der Waals surface area (Å²) in [6.45, 7) is 2.05. The molecule has 1 N–H and O–H groups in total. The van der Waals surface area contributed by atoms with E-state index in [1.807, 2.05) is 24.3 Å². The first kappa shape index (κ1) is 9.47. The number of aryl methyl sites for hydroxylation is 1. The molecule has 14 heavy (non-hydrogen) atoms. The summed E-state index contributed by atoms with van der Waals surface area (Å²) < 4.78 is 0. The monoisotopic (exact) mass is 188 g/mol. The number of hydrogen-bond acceptors (Lipinski definition) is 1. The van der Waals surface area contributed by atoms with Gasteiger partial charge in [0.05, 0.1) is 0 Å². The fraction of sp³-hybridized carbons (Fsp3) is 0.385. The zero-order chi connectivity index (χ0) is 10.0. The molecule has 1 aliphatic carbocycles. The molecule has 0 amide bonds. The van der Waals surface area contributed by atoms with Gasteiger partial charge in [0, 0.05) is 0 Å². The summed E-state index contributed by atoms with van der Waals surface area (Å²) in [7, 11) is 0. The molecule has 1 aromatic carbocycles. The third-order valence-corrected chi connectivity index (χ3v) is 2.93. The molecule has 1 atom stereocenters. The highest BCUT2D eigenvalue weighted by Gasteiger charge is 2.28. The van der Waals surface area contributed by atoms with E-state index in [1.54, 1.807) is 0 Å². The maximum absolute atomic E-state index is 10.4. The Labute approximate surface area is 85.1 Å². The number of hydrogen-bond donors (Lipinski definition) is 1. The molecule has 0 heterocycles. The molecule has 2 rings (SSSR count). The highest BCUT2D eigenvalue weighted by atomic mass is 16.3. The second-order valence-corrected chi connectivity index (χ2v) is 4.03. The summed E-state index contributed by atoms with van der Waals surface area (Å²) >= 11 is 0. The van der Waals surface area contributed by atoms with Crippen molar-refractivity contribution >= 4 is 0 Å². The van der Waals surface area contributed by atoms with Gasteiger partial charge in [-0.2, -0.15) is 0 Å². The van der Waals surface area contributed by atoms with Gasteiger partial charge in [-0.15, -0.1) is 0 Å². The molecule has 0 radical (unpaired) electrons. The van der Waals surface area contributed by atoms with E-state index >= 15 is 0 Å². The molecule has 1 aliphatic rings. The average Bonchev–Trinajstić information content (AvgIpc) is 2.19. The number of allylic oxidation sites excluding steroid dienone is 1. The van der Waals surface area contributed by atoms with Crippen LogP contribution in [0.4, 0.5) is 0 Å². The van der Waals surface area contributed by atoms with Gasteiger partial charge in [0.25, 0.3) is 0 Å². The molecule has 0 spiro atoms. The van der Waals surface area contributed by atoms with Crippen molar-refractivity contribution in [2.75, 3.05) is 0 Å². The lowest BCUT2D eigenvalue weighted by atomic mass is 9.83. The third-order valence-electron chi connectivity index (χ3n) is 2.93. The molecule has 0 saturated carbocycles. The standard InChI is InChI=1S/C13H16O/c1-11-7-3-4-8-12(11)13(14)9-5-2-6-10-13/h3-5,7-9,14H,2,6,10H2,1H3. The predicted molar refractivity (Wildman–Crippen MR) is 58.1 cm³/mol. The second kappa shape index (κ2) is 3.58. The molecule has 74 valence electrons. The minimum Gasteiger partial charge on any atom is -0.381 e. The topological polar surface area (TPSA) is 20.2 Å². The van der Waals surface area contributed by atoms with E-state index in [-0.39, 0.29) is 0 Å². The van der Waals surface area contributed by atoms with Gasteiger partial charge in [0.2, 0.25) is 0 Å². The molecule has 1 heteroatoms. The lowest BCUT2D eigenvalue weighted by Gasteiger charge is -2.29. The predicted octanol–water partition coefficient (Wildman–Crippen LogP) is 2.92. The SMILES string of the molecule is Cc1ccccc1C1(O)C=CCCC1. The van der Waals surface area contributed by atoms with Crippen molar-refractivity contribution in [3.63, 3.8) is 0 Å². The Kier molecular flexibility index (Phi) is 2.42. The van der Waals surface area contributed by atoms with Crippen LogP contribution in [0.5, 0.6) is 0 Å². The van der Waals surface area contributed by atoms with Crippen molar-refractivity contribution in [2.24, 2.45) is 0 Å². The molecule has 0 saturated heterocycles. The molecule has 0 bridgehead atoms. The van der Waals surface area contributed by atoms with Gasteiger partial charge in [-0.3, -0.25) is 0 Å². The summed E-state index contributed by atoms with van der Waals surface area (Å²) in [4.78, 5) is 0. The Bertz CT molecular complexity index is 354. The Morgan fingerprint density at radius 3 is 2.71 bits per heavy atom. The van der Waals surface area contributed by atoms with Crippen LogP contribution < -0.4 is 0 Å². The van der Waals surface area contributed by atoms with Crippen molar-refractivity contribution in [1.82, 2.24) is 0 Å². The van der Waals surface area contributed by atoms with Crippen molar-refractivity contribution in [3.05, 3.63) is 47.5 Å². The smallest absolute Gasteiger partial charge is 0.108 e. The zero-order valence-corrected chi connectivity index (χ0v) is 8.53. The molecule has 0 aliphatic heterocycles. The number of benzene rings is 1. The van der Waals surface area contributed by atoms with E-state index in [1.165, 1.54) is 5.56 Å². The lowest BCUT2D eigenvalue weighted by Crippen LogP contribution is -2.25. The Balaban J connectivity index is 2.43. The van der Waals surface area contributed by atoms with E-state index in [9.17, 15) is 5.11 Å². The maximum atomic E-state index is 10.4. The number of aliphatic hydroxyl groups is 1. The van der Waals surface area contributed by atoms with Crippen molar-refractivity contribution in [1.29, 1.82) is 0 Å². The van der Waals surface area contributed by atoms with Crippen molar-refractivity contribution in [2.45, 2.75) is 31.8 Å². The Hall–Kier alpha value is -1.08. The summed E-state index contributed by atoms with van der Waals surface area (Å²) in [5.41, 5.74) is 1.50. The van der Waals surface area contributed by atoms with Crippen LogP contribution in [0.3, 0.4) is 0 Å². The largest absolute Gasteiger partial charge is 0.381 e. The van der Waals surface area contributed by atoms with Gasteiger partial charge >= 0.3 is 0 Å². The number of rotatable bonds is 1. The maximum Gasteiger partial charge on any atom is 0.108 e. The lowest BCUT2D eigenvalue weighted by molar-refractivity contribution is 0.0720. The van der Waals surface area contributed by atoms with Gasteiger partial charge in [0.15, 0.2) is 0 Å². The van der Waals surface area contributed by atoms with E-state index in [4.69, 9.17) is 0 Å². The van der Waals surface area contributed by atoms with Gasteiger partial charge in [-0.05, 0) is 37.3 Å². The van der Waals surface area contributed by atoms with Crippen LogP contribution in [-0.4, -0.2) is 5.11 Å². The summed E-state index contributed by atoms with van der Waals surface area (Å²) in [5.74, 6) is 0. The quantitative estimate of drug-likeness (QED) is 0.672. The normalized spacial score (nSPS) is 26.4. The first-order valence-corrected chi connectivity index (χ1v) is 5.18. The minimum absolute atomic E-state index is 0.719. The van der Waals surface area contributed by atoms with Crippen LogP contribution in [0.15, 0.2) is 36.4 Å². The molecule has 0 fully saturated rings. The summed E-state index contributed by atoms with van der Waals surface area (Å²) in [6, 6.07) is 8.07. The molecule has 1 unspecified atom stereocenters. The Morgan fingerprint density at radius 2 is 2.07 bits per heavy atom. The summed E-state index contributed by atoms with van der Waals surface area (Å²) in [5, 5.41) is 10.4. The van der Waals surface area contributed by atoms with E-state index in [0.717, 1.165) is 24.8 Å². The van der Waals surface area contributed by atoms with Gasteiger partial charge in [-0.1, -0.05) is 36.4 Å². The molecule has 0 aromatic heterocycles. The zero-order valence-electron chi connectivity index (χ0n) is 8.53. The van der Waals surface area contributed by atoms with Crippen LogP contribution in [0, 0.1) is 6.92 Å². The van der Waals surface area contributed by atoms with Crippen molar-refractivity contribution < 1.29 is 5.11 Å². The van der Waals surface area contributed by atoms with E-state index in [0.29, 0.717) is 0 Å². The van der Waals surface area contributed by atoms with Crippen LogP contribution in [0.1, 0.15) is 30.4 Å². The van der Waals surface area contributed by atoms with Crippen LogP contribution in [0.25, 0.3) is 0 Å². The van der Waals surface area contributed by atoms with Crippen LogP contribution >= 0.6 is 0 Å². The first-order chi connectivity index (χ1) is 6.72. The van der Waals surface area contributed by atoms with Crippen LogP contribution in [-0.2, 0) is 5.60 Å². The van der Waals surface area contributed by atoms with E-state index < -0.39 is 5.60 Å². The summed E-state index contributed by atoms with van der Waals surface area (Å²) in [6.07, 6.45) is 7.03. The Morgan fingerprint density at radius 1 is 1.29 bits per heavy atom. The molecule has 1 nitrogen and oxygen atoms in total. The first-order valence-electron chi connectivity index (χ1n) is 5.18. The fourth-order valence-electron chi connectivity index (χ4n) is 2.13. The van der Waals surface area contributed by atoms with Gasteiger partial charge < -0.3 is 5.11 Å². The second-order valence-electron chi connectivity index (χ2n) is 4.03. The van der Waals surface area contributed by atoms with E-state index in [2.05, 4.69) is 19.1 Å². The fourth-order valence-corrected chi connectivity index (χ4v) is 2.13. The molecular formula is C13H16O. The third kappa shape index (κ3) is 1.60. The molecular weight excluding hydrogens is 172 g/mol. The highest BCUT2D eigenvalue weighted by molar-refractivity contribution is 5.35. The van der Waals surface area contributed by atoms with Crippen molar-refractivity contribution in [3.8, 4) is 0 Å². The highest BCUT2D eigenvalue weighted by Crippen LogP contribution is 2.33. The van der Waals surface area contributed by atoms with Crippen LogP contribution in [0.2, 0.25) is 0 Å².